The zero-order chi connectivity index (χ0) is 17.5. The molecule has 0 saturated carbocycles. The molecule has 0 spiro atoms. The van der Waals surface area contributed by atoms with Gasteiger partial charge in [0.1, 0.15) is 0 Å². The van der Waals surface area contributed by atoms with E-state index in [1.54, 1.807) is 0 Å². The second-order valence-electron chi connectivity index (χ2n) is 5.32. The predicted octanol–water partition coefficient (Wildman–Crippen LogP) is 2.14. The topological polar surface area (TPSA) is 40.5 Å². The molecule has 2 nitrogen and oxygen atoms in total. The van der Waals surface area contributed by atoms with Crippen LogP contribution in [0.5, 0.6) is 0 Å². The van der Waals surface area contributed by atoms with Crippen LogP contribution in [-0.4, -0.2) is 33.8 Å². The maximum Gasteiger partial charge on any atom is 0.201 e. The Kier molecular flexibility index (Phi) is 14.3. The van der Waals surface area contributed by atoms with Crippen molar-refractivity contribution in [3.05, 3.63) is 60.7 Å². The van der Waals surface area contributed by atoms with Gasteiger partial charge in [-0.1, -0.05) is 80.4 Å². The van der Waals surface area contributed by atoms with Crippen molar-refractivity contribution >= 4 is 37.7 Å². The molecule has 3 unspecified atom stereocenters. The molecule has 2 N–H and O–H groups in total. The van der Waals surface area contributed by atoms with Gasteiger partial charge in [0, 0.05) is 0 Å². The van der Waals surface area contributed by atoms with Gasteiger partial charge in [-0.25, -0.2) is 0 Å². The first-order chi connectivity index (χ1) is 11.0. The van der Waals surface area contributed by atoms with Crippen molar-refractivity contribution in [1.82, 2.24) is 0 Å². The smallest absolute Gasteiger partial charge is 0.201 e. The Labute approximate surface area is 147 Å². The van der Waals surface area contributed by atoms with Gasteiger partial charge in [0.2, 0.25) is 18.1 Å². The molecule has 2 aromatic carbocycles. The van der Waals surface area contributed by atoms with Crippen LogP contribution in [-0.2, 0) is 0 Å². The quantitative estimate of drug-likeness (QED) is 0.643. The first kappa shape index (κ1) is 22.2. The van der Waals surface area contributed by atoms with Crippen LogP contribution in [0.15, 0.2) is 60.7 Å². The highest BCUT2D eigenvalue weighted by Gasteiger charge is 1.99. The summed E-state index contributed by atoms with van der Waals surface area (Å²) in [5.41, 5.74) is 0. The monoisotopic (exact) mass is 366 g/mol. The first-order valence-corrected chi connectivity index (χ1v) is 13.5. The molecule has 3 atom stereocenters. The van der Waals surface area contributed by atoms with Crippen LogP contribution in [0.25, 0.3) is 0 Å². The van der Waals surface area contributed by atoms with Crippen LogP contribution < -0.4 is 10.4 Å². The Morgan fingerprint density at radius 2 is 1.13 bits per heavy atom. The highest BCUT2D eigenvalue weighted by atomic mass is 31.0. The first-order valence-electron chi connectivity index (χ1n) is 8.19. The zero-order valence-corrected chi connectivity index (χ0v) is 18.0. The van der Waals surface area contributed by atoms with Crippen molar-refractivity contribution in [3.63, 3.8) is 0 Å². The summed E-state index contributed by atoms with van der Waals surface area (Å²) in [5, 5.41) is 2.22. The molecule has 2 aromatic rings. The van der Waals surface area contributed by atoms with E-state index in [4.69, 9.17) is 9.59 Å². The molecule has 0 heterocycles. The summed E-state index contributed by atoms with van der Waals surface area (Å²) < 4.78 is 0. The molecule has 128 valence electrons. The molecule has 0 amide bonds. The molecule has 2 rings (SSSR count). The third-order valence-electron chi connectivity index (χ3n) is 3.12. The van der Waals surface area contributed by atoms with Crippen molar-refractivity contribution in [3.8, 4) is 0 Å². The molecular formula is C18H31O2PSi2. The summed E-state index contributed by atoms with van der Waals surface area (Å²) in [6.45, 7) is 5.99. The lowest BCUT2D eigenvalue weighted by atomic mass is 10.4. The van der Waals surface area contributed by atoms with Crippen LogP contribution in [0.1, 0.15) is 19.8 Å². The Morgan fingerprint density at radius 3 is 1.26 bits per heavy atom. The predicted molar refractivity (Wildman–Crippen MR) is 112 cm³/mol. The van der Waals surface area contributed by atoms with Gasteiger partial charge in [-0.2, -0.15) is 0 Å². The molecule has 0 aliphatic carbocycles. The van der Waals surface area contributed by atoms with Crippen LogP contribution in [0.2, 0.25) is 13.1 Å². The molecular weight excluding hydrogens is 335 g/mol. The summed E-state index contributed by atoms with van der Waals surface area (Å²) >= 11 is 0. The fraction of sp³-hybridized carbons (Fsp3) is 0.333. The Bertz CT molecular complexity index is 433. The Balaban J connectivity index is 0.000000332. The van der Waals surface area contributed by atoms with Gasteiger partial charge in [0.05, 0.1) is 0 Å². The minimum atomic E-state index is -1.53. The molecule has 0 radical (unpaired) electrons. The normalized spacial score (nSPS) is 12.1. The number of unbranched alkanes of at least 4 members (excludes halogenated alkanes) is 1. The van der Waals surface area contributed by atoms with Gasteiger partial charge in [-0.05, 0) is 29.6 Å². The summed E-state index contributed by atoms with van der Waals surface area (Å²) in [6, 6.07) is 19.6. The van der Waals surface area contributed by atoms with E-state index in [0.717, 1.165) is 10.4 Å². The number of hydrogen-bond acceptors (Lipinski definition) is 2. The standard InChI is InChI=1S/2C7H10OSi.C4H11P/c2*1-9(8)7-5-3-2-4-6-7;1-2-3-4-5/h2*2-6,8-9H,1H3;2-5H2,1H3. The largest absolute Gasteiger partial charge is 0.431 e. The maximum atomic E-state index is 9.16. The average molecular weight is 367 g/mol. The van der Waals surface area contributed by atoms with Gasteiger partial charge in [-0.3, -0.25) is 0 Å². The molecule has 5 heteroatoms. The van der Waals surface area contributed by atoms with Crippen molar-refractivity contribution in [2.75, 3.05) is 6.16 Å². The molecule has 0 fully saturated rings. The van der Waals surface area contributed by atoms with Crippen LogP contribution in [0.4, 0.5) is 0 Å². The second kappa shape index (κ2) is 14.8. The van der Waals surface area contributed by atoms with E-state index in [-0.39, 0.29) is 0 Å². The highest BCUT2D eigenvalue weighted by Crippen LogP contribution is 1.89. The van der Waals surface area contributed by atoms with Gasteiger partial charge < -0.3 is 9.59 Å². The zero-order valence-electron chi connectivity index (χ0n) is 14.5. The minimum absolute atomic E-state index is 1.11. The van der Waals surface area contributed by atoms with E-state index in [2.05, 4.69) is 16.2 Å². The van der Waals surface area contributed by atoms with Crippen LogP contribution in [0.3, 0.4) is 0 Å². The molecule has 0 aliphatic heterocycles. The van der Waals surface area contributed by atoms with Gasteiger partial charge in [0.15, 0.2) is 0 Å². The van der Waals surface area contributed by atoms with E-state index in [1.807, 2.05) is 73.8 Å². The van der Waals surface area contributed by atoms with E-state index in [9.17, 15) is 0 Å². The Morgan fingerprint density at radius 1 is 0.783 bits per heavy atom. The number of benzene rings is 2. The summed E-state index contributed by atoms with van der Waals surface area (Å²) in [7, 11) is -0.358. The second-order valence-corrected chi connectivity index (χ2v) is 9.93. The summed E-state index contributed by atoms with van der Waals surface area (Å²) in [5.74, 6) is 0. The number of hydrogen-bond donors (Lipinski definition) is 2. The molecule has 0 saturated heterocycles. The van der Waals surface area contributed by atoms with Crippen molar-refractivity contribution in [2.45, 2.75) is 32.9 Å². The maximum absolute atomic E-state index is 9.16. The third kappa shape index (κ3) is 12.3. The minimum Gasteiger partial charge on any atom is -0.431 e. The van der Waals surface area contributed by atoms with Gasteiger partial charge in [0.25, 0.3) is 0 Å². The highest BCUT2D eigenvalue weighted by molar-refractivity contribution is 7.16. The SMILES string of the molecule is CCCCP.C[SiH](O)c1ccccc1.C[SiH](O)c1ccccc1. The van der Waals surface area contributed by atoms with Crippen LogP contribution >= 0.6 is 9.24 Å². The van der Waals surface area contributed by atoms with Crippen molar-refractivity contribution < 1.29 is 9.59 Å². The van der Waals surface area contributed by atoms with Crippen LogP contribution in [0, 0.1) is 0 Å². The third-order valence-corrected chi connectivity index (χ3v) is 6.23. The lowest BCUT2D eigenvalue weighted by Crippen LogP contribution is -2.25. The summed E-state index contributed by atoms with van der Waals surface area (Å²) in [6.07, 6.45) is 3.94. The Hall–Kier alpha value is -0.776. The van der Waals surface area contributed by atoms with E-state index >= 15 is 0 Å². The molecule has 0 aliphatic rings. The molecule has 23 heavy (non-hydrogen) atoms. The number of rotatable bonds is 4. The van der Waals surface area contributed by atoms with Gasteiger partial charge >= 0.3 is 0 Å². The average Bonchev–Trinajstić information content (AvgIpc) is 2.58. The fourth-order valence-electron chi connectivity index (χ4n) is 1.67. The lowest BCUT2D eigenvalue weighted by molar-refractivity contribution is 0.593. The molecule has 0 aromatic heterocycles. The fourth-order valence-corrected chi connectivity index (χ4v) is 3.63. The van der Waals surface area contributed by atoms with E-state index < -0.39 is 18.1 Å². The summed E-state index contributed by atoms with van der Waals surface area (Å²) in [4.78, 5) is 18.3. The van der Waals surface area contributed by atoms with E-state index in [0.29, 0.717) is 0 Å². The van der Waals surface area contributed by atoms with Gasteiger partial charge in [-0.15, -0.1) is 9.24 Å². The van der Waals surface area contributed by atoms with Crippen molar-refractivity contribution in [2.24, 2.45) is 0 Å². The van der Waals surface area contributed by atoms with Crippen molar-refractivity contribution in [1.29, 1.82) is 0 Å². The van der Waals surface area contributed by atoms with E-state index in [1.165, 1.54) is 19.0 Å². The lowest BCUT2D eigenvalue weighted by Gasteiger charge is -1.98. The molecule has 0 bridgehead atoms.